The maximum absolute atomic E-state index is 10.8. The van der Waals surface area contributed by atoms with Crippen LogP contribution < -0.4 is 0 Å². The van der Waals surface area contributed by atoms with Gasteiger partial charge in [0.1, 0.15) is 0 Å². The van der Waals surface area contributed by atoms with Crippen LogP contribution in [0.3, 0.4) is 0 Å². The van der Waals surface area contributed by atoms with Crippen LogP contribution in [0.4, 0.5) is 0 Å². The molecule has 0 heterocycles. The van der Waals surface area contributed by atoms with Gasteiger partial charge in [-0.25, -0.2) is 0 Å². The third-order valence-electron chi connectivity index (χ3n) is 3.81. The molecule has 0 aromatic carbocycles. The molecule has 0 rings (SSSR count). The van der Waals surface area contributed by atoms with E-state index in [4.69, 9.17) is 4.55 Å². The Morgan fingerprint density at radius 1 is 0.850 bits per heavy atom. The SMILES string of the molecule is CCCCCCCCCCC(O)CCC(C)S(=O)(=O)O. The van der Waals surface area contributed by atoms with Gasteiger partial charge in [-0.3, -0.25) is 4.55 Å². The summed E-state index contributed by atoms with van der Waals surface area (Å²) in [5.41, 5.74) is 0. The Labute approximate surface area is 124 Å². The van der Waals surface area contributed by atoms with E-state index in [1.54, 1.807) is 0 Å². The molecule has 0 radical (unpaired) electrons. The van der Waals surface area contributed by atoms with E-state index < -0.39 is 21.5 Å². The van der Waals surface area contributed by atoms with Gasteiger partial charge >= 0.3 is 0 Å². The summed E-state index contributed by atoms with van der Waals surface area (Å²) in [5, 5.41) is 8.98. The van der Waals surface area contributed by atoms with Crippen molar-refractivity contribution < 1.29 is 18.1 Å². The van der Waals surface area contributed by atoms with Gasteiger partial charge in [0.2, 0.25) is 0 Å². The monoisotopic (exact) mass is 308 g/mol. The number of aliphatic hydroxyl groups excluding tert-OH is 1. The van der Waals surface area contributed by atoms with Crippen LogP contribution >= 0.6 is 0 Å². The summed E-state index contributed by atoms with van der Waals surface area (Å²) in [6.45, 7) is 3.68. The fraction of sp³-hybridized carbons (Fsp3) is 1.00. The Hall–Kier alpha value is -0.130. The minimum atomic E-state index is -3.95. The van der Waals surface area contributed by atoms with E-state index >= 15 is 0 Å². The molecular weight excluding hydrogens is 276 g/mol. The first kappa shape index (κ1) is 19.9. The van der Waals surface area contributed by atoms with Crippen LogP contribution in [0.2, 0.25) is 0 Å². The molecule has 0 amide bonds. The molecule has 2 unspecified atom stereocenters. The minimum absolute atomic E-state index is 0.316. The molecule has 0 bridgehead atoms. The van der Waals surface area contributed by atoms with E-state index in [0.29, 0.717) is 12.8 Å². The van der Waals surface area contributed by atoms with Crippen molar-refractivity contribution in [3.63, 3.8) is 0 Å². The maximum atomic E-state index is 10.8. The predicted octanol–water partition coefficient (Wildman–Crippen LogP) is 3.93. The quantitative estimate of drug-likeness (QED) is 0.399. The third kappa shape index (κ3) is 11.7. The fourth-order valence-electron chi connectivity index (χ4n) is 2.23. The van der Waals surface area contributed by atoms with Gasteiger partial charge in [-0.1, -0.05) is 58.3 Å². The van der Waals surface area contributed by atoms with Crippen LogP contribution in [0.5, 0.6) is 0 Å². The molecule has 0 aliphatic heterocycles. The van der Waals surface area contributed by atoms with E-state index in [-0.39, 0.29) is 0 Å². The average Bonchev–Trinajstić information content (AvgIpc) is 2.37. The highest BCUT2D eigenvalue weighted by Gasteiger charge is 2.18. The smallest absolute Gasteiger partial charge is 0.267 e. The maximum Gasteiger partial charge on any atom is 0.267 e. The summed E-state index contributed by atoms with van der Waals surface area (Å²) in [7, 11) is -3.95. The molecular formula is C15H32O4S. The second-order valence-electron chi connectivity index (χ2n) is 5.82. The van der Waals surface area contributed by atoms with E-state index in [0.717, 1.165) is 19.3 Å². The van der Waals surface area contributed by atoms with E-state index in [1.165, 1.54) is 45.4 Å². The second kappa shape index (κ2) is 11.5. The predicted molar refractivity (Wildman–Crippen MR) is 83.5 cm³/mol. The Bertz CT molecular complexity index is 314. The van der Waals surface area contributed by atoms with Gasteiger partial charge in [0.25, 0.3) is 10.1 Å². The number of rotatable bonds is 13. The topological polar surface area (TPSA) is 74.6 Å². The van der Waals surface area contributed by atoms with Crippen molar-refractivity contribution in [2.75, 3.05) is 0 Å². The molecule has 0 aliphatic rings. The van der Waals surface area contributed by atoms with Crippen molar-refractivity contribution >= 4 is 10.1 Å². The summed E-state index contributed by atoms with van der Waals surface area (Å²) < 4.78 is 30.5. The zero-order chi connectivity index (χ0) is 15.4. The van der Waals surface area contributed by atoms with Crippen LogP contribution in [0.25, 0.3) is 0 Å². The molecule has 20 heavy (non-hydrogen) atoms. The summed E-state index contributed by atoms with van der Waals surface area (Å²) in [4.78, 5) is 0. The number of unbranched alkanes of at least 4 members (excludes halogenated alkanes) is 7. The van der Waals surface area contributed by atoms with Crippen LogP contribution in [0, 0.1) is 0 Å². The molecule has 0 saturated carbocycles. The molecule has 0 saturated heterocycles. The van der Waals surface area contributed by atoms with Crippen molar-refractivity contribution in [3.05, 3.63) is 0 Å². The largest absolute Gasteiger partial charge is 0.393 e. The van der Waals surface area contributed by atoms with Gasteiger partial charge in [-0.05, 0) is 26.2 Å². The van der Waals surface area contributed by atoms with Crippen molar-refractivity contribution in [1.82, 2.24) is 0 Å². The second-order valence-corrected chi connectivity index (χ2v) is 7.65. The number of aliphatic hydroxyl groups is 1. The standard InChI is InChI=1S/C15H32O4S/c1-3-4-5-6-7-8-9-10-11-15(16)13-12-14(2)20(17,18)19/h14-16H,3-13H2,1-2H3,(H,17,18,19). The third-order valence-corrected chi connectivity index (χ3v) is 5.06. The van der Waals surface area contributed by atoms with Crippen LogP contribution in [0.15, 0.2) is 0 Å². The van der Waals surface area contributed by atoms with E-state index in [1.807, 2.05) is 0 Å². The fourth-order valence-corrected chi connectivity index (χ4v) is 2.67. The first-order valence-electron chi connectivity index (χ1n) is 8.02. The molecule has 0 aliphatic carbocycles. The van der Waals surface area contributed by atoms with Crippen LogP contribution in [-0.4, -0.2) is 29.4 Å². The molecule has 122 valence electrons. The minimum Gasteiger partial charge on any atom is -0.393 e. The highest BCUT2D eigenvalue weighted by atomic mass is 32.2. The summed E-state index contributed by atoms with van der Waals surface area (Å²) in [6, 6.07) is 0. The van der Waals surface area contributed by atoms with Crippen LogP contribution in [0.1, 0.15) is 84.5 Å². The van der Waals surface area contributed by atoms with E-state index in [9.17, 15) is 13.5 Å². The summed E-state index contributed by atoms with van der Waals surface area (Å²) in [6.07, 6.45) is 10.9. The van der Waals surface area contributed by atoms with Crippen molar-refractivity contribution in [2.24, 2.45) is 0 Å². The lowest BCUT2D eigenvalue weighted by molar-refractivity contribution is 0.148. The van der Waals surface area contributed by atoms with Gasteiger partial charge in [-0.15, -0.1) is 0 Å². The molecule has 0 aromatic rings. The first-order valence-corrected chi connectivity index (χ1v) is 9.52. The van der Waals surface area contributed by atoms with E-state index in [2.05, 4.69) is 6.92 Å². The zero-order valence-corrected chi connectivity index (χ0v) is 13.9. The molecule has 4 nitrogen and oxygen atoms in total. The molecule has 2 N–H and O–H groups in total. The molecule has 0 fully saturated rings. The lowest BCUT2D eigenvalue weighted by Gasteiger charge is -2.12. The van der Waals surface area contributed by atoms with Gasteiger partial charge in [-0.2, -0.15) is 8.42 Å². The van der Waals surface area contributed by atoms with Crippen molar-refractivity contribution in [3.8, 4) is 0 Å². The summed E-state index contributed by atoms with van der Waals surface area (Å²) in [5.74, 6) is 0. The number of hydrogen-bond acceptors (Lipinski definition) is 3. The van der Waals surface area contributed by atoms with Gasteiger partial charge in [0.05, 0.1) is 11.4 Å². The highest BCUT2D eigenvalue weighted by molar-refractivity contribution is 7.86. The molecule has 0 spiro atoms. The van der Waals surface area contributed by atoms with Gasteiger partial charge in [0.15, 0.2) is 0 Å². The van der Waals surface area contributed by atoms with Crippen molar-refractivity contribution in [1.29, 1.82) is 0 Å². The lowest BCUT2D eigenvalue weighted by Crippen LogP contribution is -2.19. The highest BCUT2D eigenvalue weighted by Crippen LogP contribution is 2.14. The van der Waals surface area contributed by atoms with Gasteiger partial charge < -0.3 is 5.11 Å². The first-order chi connectivity index (χ1) is 9.38. The Morgan fingerprint density at radius 3 is 1.85 bits per heavy atom. The normalized spacial score (nSPS) is 15.2. The average molecular weight is 308 g/mol. The van der Waals surface area contributed by atoms with Crippen LogP contribution in [-0.2, 0) is 10.1 Å². The van der Waals surface area contributed by atoms with Crippen molar-refractivity contribution in [2.45, 2.75) is 95.8 Å². The Balaban J connectivity index is 3.43. The molecule has 2 atom stereocenters. The molecule has 0 aromatic heterocycles. The lowest BCUT2D eigenvalue weighted by atomic mass is 10.0. The molecule has 5 heteroatoms. The Kier molecular flexibility index (Phi) is 11.4. The summed E-state index contributed by atoms with van der Waals surface area (Å²) >= 11 is 0. The zero-order valence-electron chi connectivity index (χ0n) is 13.1. The Morgan fingerprint density at radius 2 is 1.35 bits per heavy atom. The number of hydrogen-bond donors (Lipinski definition) is 2. The van der Waals surface area contributed by atoms with Gasteiger partial charge in [0, 0.05) is 0 Å².